The molecular formula is C22H29F3N4O3. The quantitative estimate of drug-likeness (QED) is 0.540. The van der Waals surface area contributed by atoms with Crippen LogP contribution in [-0.2, 0) is 11.3 Å². The predicted molar refractivity (Wildman–Crippen MR) is 113 cm³/mol. The highest BCUT2D eigenvalue weighted by Crippen LogP contribution is 2.32. The first-order valence-corrected chi connectivity index (χ1v) is 11.2. The van der Waals surface area contributed by atoms with E-state index in [1.54, 1.807) is 16.9 Å². The van der Waals surface area contributed by atoms with E-state index in [2.05, 4.69) is 15.7 Å². The van der Waals surface area contributed by atoms with Gasteiger partial charge in [0.25, 0.3) is 5.91 Å². The van der Waals surface area contributed by atoms with Crippen LogP contribution in [0.25, 0.3) is 10.9 Å². The summed E-state index contributed by atoms with van der Waals surface area (Å²) in [5.41, 5.74) is 0.561. The lowest BCUT2D eigenvalue weighted by molar-refractivity contribution is -0.153. The van der Waals surface area contributed by atoms with Gasteiger partial charge >= 0.3 is 6.18 Å². The van der Waals surface area contributed by atoms with Gasteiger partial charge in [-0.25, -0.2) is 0 Å². The van der Waals surface area contributed by atoms with E-state index in [1.807, 2.05) is 0 Å². The van der Waals surface area contributed by atoms with Crippen LogP contribution in [0.4, 0.5) is 13.2 Å². The predicted octanol–water partition coefficient (Wildman–Crippen LogP) is 3.13. The number of piperidine rings is 1. The highest BCUT2D eigenvalue weighted by atomic mass is 19.4. The van der Waals surface area contributed by atoms with Crippen molar-refractivity contribution < 1.29 is 27.4 Å². The molecule has 1 saturated carbocycles. The molecule has 2 N–H and O–H groups in total. The number of amides is 1. The number of nitrogens with one attached hydrogen (secondary N) is 2. The van der Waals surface area contributed by atoms with Crippen molar-refractivity contribution in [3.8, 4) is 5.75 Å². The van der Waals surface area contributed by atoms with Crippen LogP contribution in [0.5, 0.6) is 5.75 Å². The Morgan fingerprint density at radius 2 is 1.97 bits per heavy atom. The number of hydrogen-bond donors (Lipinski definition) is 2. The van der Waals surface area contributed by atoms with Crippen LogP contribution in [0.2, 0.25) is 0 Å². The van der Waals surface area contributed by atoms with E-state index in [9.17, 15) is 18.0 Å². The summed E-state index contributed by atoms with van der Waals surface area (Å²) >= 11 is 0. The third-order valence-corrected chi connectivity index (χ3v) is 5.80. The lowest BCUT2D eigenvalue weighted by atomic mass is 9.98. The summed E-state index contributed by atoms with van der Waals surface area (Å²) in [6.07, 6.45) is 1.56. The molecule has 7 nitrogen and oxygen atoms in total. The summed E-state index contributed by atoms with van der Waals surface area (Å²) in [5.74, 6) is 0.485. The standard InChI is InChI=1S/C22H29F3N4O3/c23-22(24,25)14-32-20-17(21(30)27-9-10-31-13-16-1-2-16)3-4-19-18(20)12-29(28-19)11-15-5-7-26-8-6-15/h3-4,12,15-16,26H,1-2,5-11,13-14H2,(H,27,30). The number of nitrogens with zero attached hydrogens (tertiary/aromatic N) is 2. The van der Waals surface area contributed by atoms with Crippen molar-refractivity contribution in [3.63, 3.8) is 0 Å². The van der Waals surface area contributed by atoms with Crippen LogP contribution >= 0.6 is 0 Å². The molecule has 1 aliphatic heterocycles. The first-order chi connectivity index (χ1) is 15.4. The maximum atomic E-state index is 12.9. The molecule has 0 atom stereocenters. The van der Waals surface area contributed by atoms with Crippen LogP contribution in [0.3, 0.4) is 0 Å². The number of hydrogen-bond acceptors (Lipinski definition) is 5. The van der Waals surface area contributed by atoms with E-state index in [1.165, 1.54) is 18.9 Å². The molecule has 176 valence electrons. The van der Waals surface area contributed by atoms with Crippen LogP contribution in [0.1, 0.15) is 36.0 Å². The van der Waals surface area contributed by atoms with Gasteiger partial charge in [-0.05, 0) is 62.7 Å². The Balaban J connectivity index is 1.49. The van der Waals surface area contributed by atoms with Gasteiger partial charge < -0.3 is 20.1 Å². The molecular weight excluding hydrogens is 425 g/mol. The Morgan fingerprint density at radius 3 is 2.69 bits per heavy atom. The van der Waals surface area contributed by atoms with Crippen molar-refractivity contribution in [3.05, 3.63) is 23.9 Å². The van der Waals surface area contributed by atoms with Crippen LogP contribution in [-0.4, -0.2) is 61.3 Å². The second kappa shape index (κ2) is 10.1. The second-order valence-electron chi connectivity index (χ2n) is 8.60. The van der Waals surface area contributed by atoms with Crippen molar-refractivity contribution in [1.82, 2.24) is 20.4 Å². The Kier molecular flexibility index (Phi) is 7.20. The van der Waals surface area contributed by atoms with Crippen molar-refractivity contribution in [2.24, 2.45) is 11.8 Å². The number of rotatable bonds is 10. The molecule has 1 saturated heterocycles. The molecule has 0 spiro atoms. The molecule has 1 aromatic carbocycles. The number of halogens is 3. The number of carbonyl (C=O) groups is 1. The molecule has 0 unspecified atom stereocenters. The molecule has 32 heavy (non-hydrogen) atoms. The maximum absolute atomic E-state index is 12.9. The number of aromatic nitrogens is 2. The Bertz CT molecular complexity index is 921. The SMILES string of the molecule is O=C(NCCOCC1CC1)c1ccc2nn(CC3CCNCC3)cc2c1OCC(F)(F)F. The monoisotopic (exact) mass is 454 g/mol. The molecule has 1 amide bonds. The van der Waals surface area contributed by atoms with Gasteiger partial charge in [0.05, 0.1) is 23.1 Å². The van der Waals surface area contributed by atoms with Crippen molar-refractivity contribution >= 4 is 16.8 Å². The molecule has 1 aliphatic carbocycles. The van der Waals surface area contributed by atoms with E-state index < -0.39 is 18.7 Å². The molecule has 0 radical (unpaired) electrons. The zero-order valence-corrected chi connectivity index (χ0v) is 17.9. The topological polar surface area (TPSA) is 77.4 Å². The highest BCUT2D eigenvalue weighted by molar-refractivity contribution is 6.03. The summed E-state index contributed by atoms with van der Waals surface area (Å²) in [4.78, 5) is 12.7. The van der Waals surface area contributed by atoms with Gasteiger partial charge in [-0.3, -0.25) is 9.48 Å². The summed E-state index contributed by atoms with van der Waals surface area (Å²) in [6.45, 7) is 2.40. The molecule has 2 aliphatic rings. The van der Waals surface area contributed by atoms with Crippen molar-refractivity contribution in [2.45, 2.75) is 38.4 Å². The van der Waals surface area contributed by atoms with E-state index in [0.717, 1.165) is 25.9 Å². The lowest BCUT2D eigenvalue weighted by Gasteiger charge is -2.22. The fourth-order valence-corrected chi connectivity index (χ4v) is 3.89. The fraction of sp³-hybridized carbons (Fsp3) is 0.636. The van der Waals surface area contributed by atoms with Gasteiger partial charge in [0.2, 0.25) is 0 Å². The molecule has 1 aromatic heterocycles. The third kappa shape index (κ3) is 6.35. The number of benzene rings is 1. The molecule has 2 aromatic rings. The first-order valence-electron chi connectivity index (χ1n) is 11.2. The van der Waals surface area contributed by atoms with Gasteiger partial charge in [0.1, 0.15) is 5.75 Å². The largest absolute Gasteiger partial charge is 0.483 e. The zero-order valence-electron chi connectivity index (χ0n) is 17.9. The third-order valence-electron chi connectivity index (χ3n) is 5.80. The summed E-state index contributed by atoms with van der Waals surface area (Å²) in [6, 6.07) is 3.11. The Hall–Kier alpha value is -2.33. The average molecular weight is 454 g/mol. The van der Waals surface area contributed by atoms with Gasteiger partial charge in [0.15, 0.2) is 6.61 Å². The van der Waals surface area contributed by atoms with Gasteiger partial charge in [-0.2, -0.15) is 18.3 Å². The molecule has 2 heterocycles. The van der Waals surface area contributed by atoms with Crippen LogP contribution in [0, 0.1) is 11.8 Å². The second-order valence-corrected chi connectivity index (χ2v) is 8.60. The number of ether oxygens (including phenoxy) is 2. The van der Waals surface area contributed by atoms with Gasteiger partial charge in [0, 0.05) is 25.9 Å². The zero-order chi connectivity index (χ0) is 22.6. The highest BCUT2D eigenvalue weighted by Gasteiger charge is 2.30. The average Bonchev–Trinajstić information content (AvgIpc) is 3.49. The Labute approximate surface area is 184 Å². The van der Waals surface area contributed by atoms with E-state index in [0.29, 0.717) is 42.5 Å². The normalized spacial score (nSPS) is 17.6. The maximum Gasteiger partial charge on any atom is 0.422 e. The number of carbonyl (C=O) groups excluding carboxylic acids is 1. The summed E-state index contributed by atoms with van der Waals surface area (Å²) < 4.78 is 51.0. The van der Waals surface area contributed by atoms with Crippen molar-refractivity contribution in [1.29, 1.82) is 0 Å². The summed E-state index contributed by atoms with van der Waals surface area (Å²) in [7, 11) is 0. The van der Waals surface area contributed by atoms with E-state index in [-0.39, 0.29) is 17.9 Å². The minimum absolute atomic E-state index is 0.0605. The molecule has 10 heteroatoms. The number of alkyl halides is 3. The van der Waals surface area contributed by atoms with Crippen molar-refractivity contribution in [2.75, 3.05) is 39.5 Å². The van der Waals surface area contributed by atoms with Crippen LogP contribution in [0.15, 0.2) is 18.3 Å². The number of fused-ring (bicyclic) bond motifs is 1. The first kappa shape index (κ1) is 22.8. The van der Waals surface area contributed by atoms with Gasteiger partial charge in [-0.1, -0.05) is 0 Å². The molecule has 2 fully saturated rings. The minimum atomic E-state index is -4.52. The minimum Gasteiger partial charge on any atom is -0.483 e. The lowest BCUT2D eigenvalue weighted by Crippen LogP contribution is -2.29. The fourth-order valence-electron chi connectivity index (χ4n) is 3.89. The van der Waals surface area contributed by atoms with Crippen LogP contribution < -0.4 is 15.4 Å². The molecule has 4 rings (SSSR count). The van der Waals surface area contributed by atoms with E-state index in [4.69, 9.17) is 9.47 Å². The summed E-state index contributed by atoms with van der Waals surface area (Å²) in [5, 5.41) is 10.9. The van der Waals surface area contributed by atoms with E-state index >= 15 is 0 Å². The molecule has 0 bridgehead atoms. The Morgan fingerprint density at radius 1 is 1.19 bits per heavy atom. The van der Waals surface area contributed by atoms with Gasteiger partial charge in [-0.15, -0.1) is 0 Å². The smallest absolute Gasteiger partial charge is 0.422 e.